The molecule has 0 radical (unpaired) electrons. The number of fused-ring (bicyclic) bond motifs is 3. The van der Waals surface area contributed by atoms with E-state index in [4.69, 9.17) is 0 Å². The molecule has 1 aromatic carbocycles. The maximum atomic E-state index is 11.7. The molecule has 0 spiro atoms. The molecule has 6 nitrogen and oxygen atoms in total. The Bertz CT molecular complexity index is 832. The molecule has 108 valence electrons. The van der Waals surface area contributed by atoms with Gasteiger partial charge in [-0.3, -0.25) is 4.98 Å². The molecular formula is C15H16N4O2. The highest BCUT2D eigenvalue weighted by molar-refractivity contribution is 6.02. The summed E-state index contributed by atoms with van der Waals surface area (Å²) in [6.07, 6.45) is 2.16. The quantitative estimate of drug-likeness (QED) is 0.745. The first kappa shape index (κ1) is 13.4. The summed E-state index contributed by atoms with van der Waals surface area (Å²) in [5.74, 6) is 0. The minimum atomic E-state index is -1.03. The van der Waals surface area contributed by atoms with Gasteiger partial charge in [0, 0.05) is 5.39 Å². The van der Waals surface area contributed by atoms with Crippen LogP contribution >= 0.6 is 0 Å². The number of amides is 1. The summed E-state index contributed by atoms with van der Waals surface area (Å²) >= 11 is 0. The van der Waals surface area contributed by atoms with E-state index in [1.54, 1.807) is 10.9 Å². The van der Waals surface area contributed by atoms with Crippen LogP contribution in [0.15, 0.2) is 36.8 Å². The second-order valence-corrected chi connectivity index (χ2v) is 5.86. The molecule has 0 aliphatic carbocycles. The number of carboxylic acid groups (broad SMARTS) is 1. The molecule has 1 N–H and O–H groups in total. The van der Waals surface area contributed by atoms with Gasteiger partial charge in [-0.05, 0) is 26.8 Å². The van der Waals surface area contributed by atoms with Gasteiger partial charge in [-0.1, -0.05) is 18.2 Å². The number of hydrogen-bond donors (Lipinski definition) is 1. The number of hydrogen-bond acceptors (Lipinski definition) is 3. The smallest absolute Gasteiger partial charge is 0.427 e. The molecule has 6 heteroatoms. The lowest BCUT2D eigenvalue weighted by Gasteiger charge is -2.33. The third kappa shape index (κ3) is 2.08. The van der Waals surface area contributed by atoms with E-state index < -0.39 is 11.6 Å². The van der Waals surface area contributed by atoms with Crippen molar-refractivity contribution in [2.45, 2.75) is 26.3 Å². The van der Waals surface area contributed by atoms with Gasteiger partial charge < -0.3 is 5.11 Å². The van der Waals surface area contributed by atoms with Crippen molar-refractivity contribution in [3.63, 3.8) is 0 Å². The van der Waals surface area contributed by atoms with Crippen molar-refractivity contribution < 1.29 is 9.90 Å². The fourth-order valence-corrected chi connectivity index (χ4v) is 2.48. The van der Waals surface area contributed by atoms with Crippen molar-refractivity contribution in [3.05, 3.63) is 36.8 Å². The van der Waals surface area contributed by atoms with Gasteiger partial charge in [0.2, 0.25) is 0 Å². The Balaban J connectivity index is 2.37. The molecule has 0 aliphatic rings. The van der Waals surface area contributed by atoms with Gasteiger partial charge in [-0.2, -0.15) is 0 Å². The third-order valence-electron chi connectivity index (χ3n) is 3.30. The van der Waals surface area contributed by atoms with Gasteiger partial charge in [0.25, 0.3) is 0 Å². The standard InChI is InChI=1S/C15H16N4O2/c1-15(2,3)19(14(20)21)18-9-17-12-8-16-11-7-5-4-6-10(11)13(12)18/h4-9H,1-3H3,(H,20,21). The van der Waals surface area contributed by atoms with Crippen molar-refractivity contribution in [2.75, 3.05) is 5.01 Å². The molecule has 2 aromatic heterocycles. The van der Waals surface area contributed by atoms with Crippen molar-refractivity contribution in [1.29, 1.82) is 0 Å². The van der Waals surface area contributed by atoms with Crippen LogP contribution < -0.4 is 5.01 Å². The number of nitrogens with zero attached hydrogens (tertiary/aromatic N) is 4. The molecule has 21 heavy (non-hydrogen) atoms. The van der Waals surface area contributed by atoms with E-state index in [9.17, 15) is 9.90 Å². The van der Waals surface area contributed by atoms with E-state index >= 15 is 0 Å². The highest BCUT2D eigenvalue weighted by Crippen LogP contribution is 2.25. The van der Waals surface area contributed by atoms with Crippen LogP contribution in [0.2, 0.25) is 0 Å². The number of pyridine rings is 1. The molecule has 0 saturated heterocycles. The summed E-state index contributed by atoms with van der Waals surface area (Å²) in [7, 11) is 0. The zero-order valence-corrected chi connectivity index (χ0v) is 12.1. The fourth-order valence-electron chi connectivity index (χ4n) is 2.48. The van der Waals surface area contributed by atoms with Crippen molar-refractivity contribution in [2.24, 2.45) is 0 Å². The van der Waals surface area contributed by atoms with Gasteiger partial charge in [0.1, 0.15) is 17.4 Å². The summed E-state index contributed by atoms with van der Waals surface area (Å²) < 4.78 is 1.58. The van der Waals surface area contributed by atoms with E-state index in [1.165, 1.54) is 11.3 Å². The predicted octanol–water partition coefficient (Wildman–Crippen LogP) is 3.00. The molecule has 2 heterocycles. The molecule has 3 rings (SSSR count). The number of benzene rings is 1. The average molecular weight is 284 g/mol. The first-order valence-corrected chi connectivity index (χ1v) is 6.64. The van der Waals surface area contributed by atoms with E-state index in [1.807, 2.05) is 45.0 Å². The van der Waals surface area contributed by atoms with Crippen LogP contribution in [0.3, 0.4) is 0 Å². The first-order chi connectivity index (χ1) is 9.89. The molecule has 0 atom stereocenters. The van der Waals surface area contributed by atoms with Crippen LogP contribution in [0.1, 0.15) is 20.8 Å². The summed E-state index contributed by atoms with van der Waals surface area (Å²) in [4.78, 5) is 20.3. The minimum Gasteiger partial charge on any atom is -0.464 e. The highest BCUT2D eigenvalue weighted by Gasteiger charge is 2.29. The van der Waals surface area contributed by atoms with Gasteiger partial charge >= 0.3 is 6.09 Å². The average Bonchev–Trinajstić information content (AvgIpc) is 2.81. The Morgan fingerprint density at radius 2 is 1.90 bits per heavy atom. The monoisotopic (exact) mass is 284 g/mol. The lowest BCUT2D eigenvalue weighted by Crippen LogP contribution is -2.52. The van der Waals surface area contributed by atoms with E-state index in [0.29, 0.717) is 5.52 Å². The first-order valence-electron chi connectivity index (χ1n) is 6.64. The number of carbonyl (C=O) groups is 1. The van der Waals surface area contributed by atoms with Gasteiger partial charge in [0.05, 0.1) is 17.3 Å². The second kappa shape index (κ2) is 4.44. The number of imidazole rings is 1. The van der Waals surface area contributed by atoms with E-state index in [2.05, 4.69) is 9.97 Å². The lowest BCUT2D eigenvalue weighted by atomic mass is 10.1. The summed E-state index contributed by atoms with van der Waals surface area (Å²) in [6.45, 7) is 5.53. The van der Waals surface area contributed by atoms with Crippen LogP contribution in [0.4, 0.5) is 4.79 Å². The number of para-hydroxylation sites is 1. The Morgan fingerprint density at radius 3 is 2.57 bits per heavy atom. The minimum absolute atomic E-state index is 0.593. The Hall–Kier alpha value is -2.63. The topological polar surface area (TPSA) is 71.2 Å². The SMILES string of the molecule is CC(C)(C)N(C(=O)O)n1cnc2cnc3ccccc3c21. The highest BCUT2D eigenvalue weighted by atomic mass is 16.4. The molecular weight excluding hydrogens is 268 g/mol. The molecule has 1 amide bonds. The summed E-state index contributed by atoms with van der Waals surface area (Å²) in [5, 5.41) is 11.7. The zero-order valence-electron chi connectivity index (χ0n) is 12.1. The van der Waals surface area contributed by atoms with Crippen molar-refractivity contribution >= 4 is 28.0 Å². The molecule has 3 aromatic rings. The third-order valence-corrected chi connectivity index (χ3v) is 3.30. The Morgan fingerprint density at radius 1 is 1.19 bits per heavy atom. The molecule has 0 fully saturated rings. The largest absolute Gasteiger partial charge is 0.464 e. The van der Waals surface area contributed by atoms with Crippen molar-refractivity contribution in [3.8, 4) is 0 Å². The maximum Gasteiger partial charge on any atom is 0.427 e. The summed E-state index contributed by atoms with van der Waals surface area (Å²) in [5.41, 5.74) is 1.64. The van der Waals surface area contributed by atoms with Gasteiger partial charge in [-0.25, -0.2) is 19.5 Å². The van der Waals surface area contributed by atoms with E-state index in [-0.39, 0.29) is 0 Å². The second-order valence-electron chi connectivity index (χ2n) is 5.86. The zero-order chi connectivity index (χ0) is 15.2. The summed E-state index contributed by atoms with van der Waals surface area (Å²) in [6, 6.07) is 7.63. The van der Waals surface area contributed by atoms with Crippen LogP contribution in [0.25, 0.3) is 21.9 Å². The van der Waals surface area contributed by atoms with Crippen LogP contribution in [0.5, 0.6) is 0 Å². The number of aromatic nitrogens is 3. The Kier molecular flexibility index (Phi) is 2.83. The molecule has 0 unspecified atom stereocenters. The van der Waals surface area contributed by atoms with Crippen LogP contribution in [-0.2, 0) is 0 Å². The Labute approximate surface area is 121 Å². The predicted molar refractivity (Wildman–Crippen MR) is 81.0 cm³/mol. The van der Waals surface area contributed by atoms with Crippen LogP contribution in [0, 0.1) is 0 Å². The van der Waals surface area contributed by atoms with Crippen LogP contribution in [-0.4, -0.2) is 31.4 Å². The normalized spacial score (nSPS) is 12.0. The van der Waals surface area contributed by atoms with E-state index in [0.717, 1.165) is 16.4 Å². The van der Waals surface area contributed by atoms with Gasteiger partial charge in [-0.15, -0.1) is 0 Å². The molecule has 0 aliphatic heterocycles. The lowest BCUT2D eigenvalue weighted by molar-refractivity contribution is 0.185. The maximum absolute atomic E-state index is 11.7. The van der Waals surface area contributed by atoms with Gasteiger partial charge in [0.15, 0.2) is 0 Å². The number of rotatable bonds is 1. The van der Waals surface area contributed by atoms with Crippen molar-refractivity contribution in [1.82, 2.24) is 14.6 Å². The fraction of sp³-hybridized carbons (Fsp3) is 0.267. The molecule has 0 bridgehead atoms. The molecule has 0 saturated carbocycles.